The lowest BCUT2D eigenvalue weighted by atomic mass is 9.80. The van der Waals surface area contributed by atoms with E-state index in [2.05, 4.69) is 23.8 Å². The van der Waals surface area contributed by atoms with E-state index >= 15 is 0 Å². The fraction of sp³-hybridized carbons (Fsp3) is 0.562. The first-order valence-corrected chi connectivity index (χ1v) is 8.97. The van der Waals surface area contributed by atoms with Crippen LogP contribution in [-0.4, -0.2) is 14.1 Å². The molecule has 3 rings (SSSR count). The molecular formula is C16H22N2O2S. The van der Waals surface area contributed by atoms with E-state index in [4.69, 9.17) is 0 Å². The largest absolute Gasteiger partial charge is 0.276 e. The third-order valence-electron chi connectivity index (χ3n) is 5.49. The maximum Gasteiger partial charge on any atom is 0.276 e. The summed E-state index contributed by atoms with van der Waals surface area (Å²) < 4.78 is 24.5. The van der Waals surface area contributed by atoms with Gasteiger partial charge in [-0.3, -0.25) is 0 Å². The highest BCUT2D eigenvalue weighted by Gasteiger charge is 2.52. The van der Waals surface area contributed by atoms with Gasteiger partial charge in [-0.15, -0.1) is 0 Å². The minimum atomic E-state index is -3.56. The van der Waals surface area contributed by atoms with Crippen LogP contribution in [0.5, 0.6) is 0 Å². The summed E-state index contributed by atoms with van der Waals surface area (Å²) in [7, 11) is -3.56. The summed E-state index contributed by atoms with van der Waals surface area (Å²) in [6.07, 6.45) is 3.28. The molecule has 0 unspecified atom stereocenters. The molecule has 2 aliphatic rings. The average Bonchev–Trinajstić information content (AvgIpc) is 2.85. The molecule has 1 aromatic carbocycles. The van der Waals surface area contributed by atoms with Gasteiger partial charge in [0.2, 0.25) is 0 Å². The van der Waals surface area contributed by atoms with Crippen LogP contribution in [0.2, 0.25) is 0 Å². The van der Waals surface area contributed by atoms with E-state index in [1.165, 1.54) is 6.42 Å². The van der Waals surface area contributed by atoms with E-state index in [1.54, 1.807) is 24.3 Å². The molecule has 2 saturated carbocycles. The Hall–Kier alpha value is -1.36. The second-order valence-electron chi connectivity index (χ2n) is 6.68. The van der Waals surface area contributed by atoms with Gasteiger partial charge in [0.15, 0.2) is 0 Å². The summed E-state index contributed by atoms with van der Waals surface area (Å²) in [6.45, 7) is 6.40. The average molecular weight is 306 g/mol. The van der Waals surface area contributed by atoms with Gasteiger partial charge < -0.3 is 0 Å². The highest BCUT2D eigenvalue weighted by molar-refractivity contribution is 7.89. The second kappa shape index (κ2) is 4.83. The van der Waals surface area contributed by atoms with E-state index in [0.717, 1.165) is 24.1 Å². The monoisotopic (exact) mass is 306 g/mol. The molecular weight excluding hydrogens is 284 g/mol. The Morgan fingerprint density at radius 3 is 2.48 bits per heavy atom. The van der Waals surface area contributed by atoms with E-state index in [1.807, 2.05) is 6.92 Å². The van der Waals surface area contributed by atoms with Crippen LogP contribution in [-0.2, 0) is 10.0 Å². The van der Waals surface area contributed by atoms with Crippen molar-refractivity contribution in [1.29, 1.82) is 0 Å². The maximum atomic E-state index is 12.3. The molecule has 2 bridgehead atoms. The predicted molar refractivity (Wildman–Crippen MR) is 83.5 cm³/mol. The number of hydrazone groups is 1. The minimum absolute atomic E-state index is 0.0699. The number of fused-ring (bicyclic) bond motifs is 2. The van der Waals surface area contributed by atoms with Crippen molar-refractivity contribution < 1.29 is 8.42 Å². The Bertz CT molecular complexity index is 679. The van der Waals surface area contributed by atoms with Crippen molar-refractivity contribution in [2.75, 3.05) is 0 Å². The van der Waals surface area contributed by atoms with Gasteiger partial charge in [0.05, 0.1) is 4.90 Å². The van der Waals surface area contributed by atoms with E-state index in [0.29, 0.717) is 11.8 Å². The third kappa shape index (κ3) is 2.37. The van der Waals surface area contributed by atoms with Crippen molar-refractivity contribution in [2.45, 2.75) is 44.9 Å². The number of benzene rings is 1. The Morgan fingerprint density at radius 2 is 1.95 bits per heavy atom. The Balaban J connectivity index is 1.81. The molecule has 0 aliphatic heterocycles. The first-order valence-electron chi connectivity index (χ1n) is 7.48. The molecule has 0 amide bonds. The number of nitrogens with one attached hydrogen (secondary N) is 1. The molecule has 0 saturated heterocycles. The summed E-state index contributed by atoms with van der Waals surface area (Å²) in [5.74, 6) is 1.26. The number of aryl methyl sites for hydroxylation is 1. The molecule has 3 atom stereocenters. The molecule has 2 fully saturated rings. The highest BCUT2D eigenvalue weighted by Crippen LogP contribution is 2.56. The SMILES string of the molecule is Cc1ccc(S(=O)(=O)N/N=C2\C[C@@H]3CC[C@]2(C)[C@@H]3C)cc1. The normalized spacial score (nSPS) is 33.6. The van der Waals surface area contributed by atoms with Crippen LogP contribution >= 0.6 is 0 Å². The lowest BCUT2D eigenvalue weighted by molar-refractivity contribution is 0.354. The molecule has 1 N–H and O–H groups in total. The number of rotatable bonds is 3. The van der Waals surface area contributed by atoms with Crippen molar-refractivity contribution in [2.24, 2.45) is 22.4 Å². The van der Waals surface area contributed by atoms with Crippen LogP contribution in [0.1, 0.15) is 38.7 Å². The number of hydrogen-bond donors (Lipinski definition) is 1. The molecule has 114 valence electrons. The smallest absolute Gasteiger partial charge is 0.200 e. The van der Waals surface area contributed by atoms with Gasteiger partial charge >= 0.3 is 0 Å². The van der Waals surface area contributed by atoms with Gasteiger partial charge in [0.25, 0.3) is 10.0 Å². The quantitative estimate of drug-likeness (QED) is 0.872. The Kier molecular flexibility index (Phi) is 3.35. The number of hydrogen-bond acceptors (Lipinski definition) is 3. The topological polar surface area (TPSA) is 58.5 Å². The summed E-state index contributed by atoms with van der Waals surface area (Å²) >= 11 is 0. The zero-order valence-electron chi connectivity index (χ0n) is 12.8. The van der Waals surface area contributed by atoms with E-state index < -0.39 is 10.0 Å². The first-order chi connectivity index (χ1) is 9.83. The van der Waals surface area contributed by atoms with Gasteiger partial charge in [-0.2, -0.15) is 13.5 Å². The van der Waals surface area contributed by atoms with Gasteiger partial charge in [-0.25, -0.2) is 4.83 Å². The Labute approximate surface area is 126 Å². The first kappa shape index (κ1) is 14.6. The molecule has 0 spiro atoms. The summed E-state index contributed by atoms with van der Waals surface area (Å²) in [4.78, 5) is 2.69. The summed E-state index contributed by atoms with van der Waals surface area (Å²) in [5, 5.41) is 4.28. The summed E-state index contributed by atoms with van der Waals surface area (Å²) in [6, 6.07) is 6.82. The van der Waals surface area contributed by atoms with E-state index in [-0.39, 0.29) is 10.3 Å². The van der Waals surface area contributed by atoms with Gasteiger partial charge in [-0.05, 0) is 50.2 Å². The molecule has 0 heterocycles. The van der Waals surface area contributed by atoms with Crippen LogP contribution in [0.3, 0.4) is 0 Å². The summed E-state index contributed by atoms with van der Waals surface area (Å²) in [5.41, 5.74) is 2.12. The van der Waals surface area contributed by atoms with Gasteiger partial charge in [0.1, 0.15) is 0 Å². The van der Waals surface area contributed by atoms with Crippen LogP contribution in [0.4, 0.5) is 0 Å². The van der Waals surface area contributed by atoms with Gasteiger partial charge in [0, 0.05) is 11.1 Å². The zero-order chi connectivity index (χ0) is 15.3. The van der Waals surface area contributed by atoms with Crippen LogP contribution in [0, 0.1) is 24.2 Å². The zero-order valence-corrected chi connectivity index (χ0v) is 13.6. The minimum Gasteiger partial charge on any atom is -0.200 e. The fourth-order valence-electron chi connectivity index (χ4n) is 3.71. The van der Waals surface area contributed by atoms with Crippen molar-refractivity contribution in [3.63, 3.8) is 0 Å². The number of sulfonamides is 1. The van der Waals surface area contributed by atoms with Crippen molar-refractivity contribution in [1.82, 2.24) is 4.83 Å². The predicted octanol–water partition coefficient (Wildman–Crippen LogP) is 3.09. The van der Waals surface area contributed by atoms with Crippen LogP contribution < -0.4 is 4.83 Å². The maximum absolute atomic E-state index is 12.3. The number of nitrogens with zero attached hydrogens (tertiary/aromatic N) is 1. The highest BCUT2D eigenvalue weighted by atomic mass is 32.2. The molecule has 0 radical (unpaired) electrons. The standard InChI is InChI=1S/C16H22N2O2S/c1-11-4-6-14(7-5-11)21(19,20)18-17-15-10-13-8-9-16(15,3)12(13)2/h4-7,12-13,18H,8-10H2,1-3H3/b17-15+/t12-,13+,16-/m1/s1. The molecule has 4 nitrogen and oxygen atoms in total. The van der Waals surface area contributed by atoms with Crippen molar-refractivity contribution >= 4 is 15.7 Å². The van der Waals surface area contributed by atoms with Gasteiger partial charge in [-0.1, -0.05) is 31.5 Å². The lowest BCUT2D eigenvalue weighted by Crippen LogP contribution is -2.29. The molecule has 5 heteroatoms. The lowest BCUT2D eigenvalue weighted by Gasteiger charge is -2.25. The second-order valence-corrected chi connectivity index (χ2v) is 8.34. The molecule has 2 aliphatic carbocycles. The molecule has 21 heavy (non-hydrogen) atoms. The van der Waals surface area contributed by atoms with E-state index in [9.17, 15) is 8.42 Å². The van der Waals surface area contributed by atoms with Crippen molar-refractivity contribution in [3.8, 4) is 0 Å². The van der Waals surface area contributed by atoms with Crippen molar-refractivity contribution in [3.05, 3.63) is 29.8 Å². The Morgan fingerprint density at radius 1 is 1.29 bits per heavy atom. The van der Waals surface area contributed by atoms with Crippen LogP contribution in [0.15, 0.2) is 34.3 Å². The molecule has 1 aromatic rings. The van der Waals surface area contributed by atoms with Crippen LogP contribution in [0.25, 0.3) is 0 Å². The molecule has 0 aromatic heterocycles. The fourth-order valence-corrected chi connectivity index (χ4v) is 4.54. The third-order valence-corrected chi connectivity index (χ3v) is 6.72.